The Balaban J connectivity index is 1.27. The maximum Gasteiger partial charge on any atom is 0.345 e. The Hall–Kier alpha value is -2.80. The van der Waals surface area contributed by atoms with E-state index in [2.05, 4.69) is 14.9 Å². The van der Waals surface area contributed by atoms with Gasteiger partial charge in [-0.05, 0) is 75.0 Å². The lowest BCUT2D eigenvalue weighted by atomic mass is 9.68. The van der Waals surface area contributed by atoms with Crippen LogP contribution in [0.1, 0.15) is 76.7 Å². The zero-order chi connectivity index (χ0) is 24.2. The number of fused-ring (bicyclic) bond motifs is 5. The number of benzene rings is 1. The largest absolute Gasteiger partial charge is 0.345 e. The van der Waals surface area contributed by atoms with Crippen LogP contribution >= 0.6 is 0 Å². The van der Waals surface area contributed by atoms with Crippen molar-refractivity contribution in [3.05, 3.63) is 57.4 Å². The van der Waals surface area contributed by atoms with Crippen molar-refractivity contribution in [3.8, 4) is 11.4 Å². The molecule has 4 unspecified atom stereocenters. The molecule has 4 heterocycles. The summed E-state index contributed by atoms with van der Waals surface area (Å²) < 4.78 is 2.01. The van der Waals surface area contributed by atoms with Crippen molar-refractivity contribution in [2.45, 2.75) is 94.8 Å². The molecule has 4 bridgehead atoms. The normalized spacial score (nSPS) is 32.4. The van der Waals surface area contributed by atoms with E-state index < -0.39 is 5.69 Å². The fourth-order valence-corrected chi connectivity index (χ4v) is 8.33. The number of aromatic nitrogens is 4. The van der Waals surface area contributed by atoms with Crippen LogP contribution in [0.15, 0.2) is 46.1 Å². The van der Waals surface area contributed by atoms with E-state index in [9.17, 15) is 9.59 Å². The zero-order valence-corrected chi connectivity index (χ0v) is 20.8. The molecule has 1 aromatic carbocycles. The summed E-state index contributed by atoms with van der Waals surface area (Å²) in [6.07, 6.45) is 15.8. The van der Waals surface area contributed by atoms with Crippen LogP contribution < -0.4 is 11.2 Å². The van der Waals surface area contributed by atoms with Crippen LogP contribution in [-0.4, -0.2) is 42.5 Å². The molecule has 36 heavy (non-hydrogen) atoms. The zero-order valence-electron chi connectivity index (χ0n) is 20.8. The summed E-state index contributed by atoms with van der Waals surface area (Å²) >= 11 is 0. The number of hydrogen-bond donors (Lipinski definition) is 1. The second kappa shape index (κ2) is 8.94. The third kappa shape index (κ3) is 3.83. The van der Waals surface area contributed by atoms with Crippen molar-refractivity contribution >= 4 is 11.0 Å². The molecule has 4 atom stereocenters. The molecule has 7 rings (SSSR count). The summed E-state index contributed by atoms with van der Waals surface area (Å²) in [5, 5.41) is 0. The molecule has 3 aromatic rings. The third-order valence-corrected chi connectivity index (χ3v) is 9.62. The first-order valence-corrected chi connectivity index (χ1v) is 14.0. The van der Waals surface area contributed by atoms with E-state index in [1.165, 1.54) is 64.0 Å². The van der Waals surface area contributed by atoms with E-state index >= 15 is 0 Å². The average molecular weight is 486 g/mol. The van der Waals surface area contributed by atoms with Crippen LogP contribution in [0.5, 0.6) is 0 Å². The molecule has 4 aliphatic rings. The molecular weight excluding hydrogens is 450 g/mol. The van der Waals surface area contributed by atoms with Crippen molar-refractivity contribution in [3.63, 3.8) is 0 Å². The maximum absolute atomic E-state index is 14.0. The molecule has 2 saturated carbocycles. The minimum atomic E-state index is -0.464. The van der Waals surface area contributed by atoms with Crippen LogP contribution in [0.3, 0.4) is 0 Å². The van der Waals surface area contributed by atoms with Gasteiger partial charge in [-0.25, -0.2) is 14.8 Å². The van der Waals surface area contributed by atoms with Crippen molar-refractivity contribution < 1.29 is 0 Å². The molecule has 0 radical (unpaired) electrons. The lowest BCUT2D eigenvalue weighted by molar-refractivity contribution is -0.0485. The van der Waals surface area contributed by atoms with Crippen LogP contribution in [0, 0.1) is 11.8 Å². The highest BCUT2D eigenvalue weighted by molar-refractivity contribution is 5.77. The van der Waals surface area contributed by atoms with Gasteiger partial charge >= 0.3 is 5.69 Å². The highest BCUT2D eigenvalue weighted by Crippen LogP contribution is 2.47. The number of aromatic amines is 1. The van der Waals surface area contributed by atoms with E-state index in [4.69, 9.17) is 4.98 Å². The van der Waals surface area contributed by atoms with Gasteiger partial charge < -0.3 is 9.55 Å². The first-order chi connectivity index (χ1) is 17.6. The van der Waals surface area contributed by atoms with Gasteiger partial charge in [-0.15, -0.1) is 0 Å². The fourth-order valence-electron chi connectivity index (χ4n) is 8.33. The van der Waals surface area contributed by atoms with E-state index in [1.54, 1.807) is 6.07 Å². The second-order valence-electron chi connectivity index (χ2n) is 11.7. The number of piperidine rings is 2. The Bertz CT molecular complexity index is 1370. The van der Waals surface area contributed by atoms with Gasteiger partial charge in [0.05, 0.1) is 16.7 Å². The molecule has 2 aliphatic carbocycles. The Morgan fingerprint density at radius 3 is 2.25 bits per heavy atom. The van der Waals surface area contributed by atoms with Gasteiger partial charge in [0, 0.05) is 30.4 Å². The van der Waals surface area contributed by atoms with Gasteiger partial charge in [0.2, 0.25) is 0 Å². The molecule has 7 nitrogen and oxygen atoms in total. The van der Waals surface area contributed by atoms with E-state index in [-0.39, 0.29) is 11.6 Å². The van der Waals surface area contributed by atoms with Gasteiger partial charge in [-0.1, -0.05) is 37.8 Å². The predicted molar refractivity (Wildman–Crippen MR) is 140 cm³/mol. The van der Waals surface area contributed by atoms with Crippen LogP contribution in [0.2, 0.25) is 0 Å². The lowest BCUT2D eigenvalue weighted by Crippen LogP contribution is -2.58. The molecule has 2 saturated heterocycles. The van der Waals surface area contributed by atoms with Crippen molar-refractivity contribution in [1.82, 2.24) is 24.4 Å². The lowest BCUT2D eigenvalue weighted by Gasteiger charge is -2.55. The molecule has 1 N–H and O–H groups in total. The SMILES string of the molecule is O=c1nccc(-c2nc3ccccc3n(C3CC4CCCC(C3)N4C3CC4CCCC(C4)C3)c2=O)[nH]1. The van der Waals surface area contributed by atoms with Crippen molar-refractivity contribution in [1.29, 1.82) is 0 Å². The second-order valence-corrected chi connectivity index (χ2v) is 11.7. The summed E-state index contributed by atoms with van der Waals surface area (Å²) in [5.41, 5.74) is 1.85. The van der Waals surface area contributed by atoms with Gasteiger partial charge in [-0.3, -0.25) is 9.69 Å². The fraction of sp³-hybridized carbons (Fsp3) is 0.586. The Kier molecular flexibility index (Phi) is 5.57. The standard InChI is InChI=1S/C29H35N5O2/c35-28-27(25-11-12-30-29(36)32-25)31-24-9-1-2-10-26(24)34(28)23-16-20-7-4-8-21(17-23)33(20)22-14-18-5-3-6-19(13-18)15-22/h1-2,9-12,18-23H,3-8,13-17H2,(H,30,32,36). The number of H-pyrrole nitrogens is 1. The summed E-state index contributed by atoms with van der Waals surface area (Å²) in [7, 11) is 0. The molecule has 7 heteroatoms. The first kappa shape index (κ1) is 22.4. The van der Waals surface area contributed by atoms with Crippen molar-refractivity contribution in [2.24, 2.45) is 11.8 Å². The third-order valence-electron chi connectivity index (χ3n) is 9.62. The smallest absolute Gasteiger partial charge is 0.304 e. The average Bonchev–Trinajstić information content (AvgIpc) is 2.87. The molecule has 2 aliphatic heterocycles. The van der Waals surface area contributed by atoms with Gasteiger partial charge in [0.15, 0.2) is 5.69 Å². The predicted octanol–water partition coefficient (Wildman–Crippen LogP) is 4.67. The summed E-state index contributed by atoms with van der Waals surface area (Å²) in [6.45, 7) is 0. The van der Waals surface area contributed by atoms with Crippen LogP contribution in [-0.2, 0) is 0 Å². The number of hydrogen-bond acceptors (Lipinski definition) is 5. The molecule has 0 spiro atoms. The molecule has 0 amide bonds. The van der Waals surface area contributed by atoms with Gasteiger partial charge in [-0.2, -0.15) is 0 Å². The number of nitrogens with zero attached hydrogens (tertiary/aromatic N) is 4. The summed E-state index contributed by atoms with van der Waals surface area (Å²) in [6, 6.07) is 11.6. The maximum atomic E-state index is 14.0. The number of para-hydroxylation sites is 2. The van der Waals surface area contributed by atoms with Gasteiger partial charge in [0.25, 0.3) is 5.56 Å². The minimum absolute atomic E-state index is 0.112. The summed E-state index contributed by atoms with van der Waals surface area (Å²) in [4.78, 5) is 40.0. The van der Waals surface area contributed by atoms with Crippen molar-refractivity contribution in [2.75, 3.05) is 0 Å². The van der Waals surface area contributed by atoms with E-state index in [0.29, 0.717) is 23.5 Å². The van der Waals surface area contributed by atoms with Crippen LogP contribution in [0.25, 0.3) is 22.4 Å². The molecule has 4 fully saturated rings. The van der Waals surface area contributed by atoms with E-state index in [0.717, 1.165) is 41.8 Å². The Labute approximate surface area is 211 Å². The number of rotatable bonds is 3. The topological polar surface area (TPSA) is 83.9 Å². The summed E-state index contributed by atoms with van der Waals surface area (Å²) in [5.74, 6) is 1.86. The van der Waals surface area contributed by atoms with Gasteiger partial charge in [0.1, 0.15) is 0 Å². The minimum Gasteiger partial charge on any atom is -0.304 e. The number of nitrogens with one attached hydrogen (secondary N) is 1. The Morgan fingerprint density at radius 1 is 0.778 bits per heavy atom. The Morgan fingerprint density at radius 2 is 1.50 bits per heavy atom. The monoisotopic (exact) mass is 485 g/mol. The molecule has 2 aromatic heterocycles. The highest BCUT2D eigenvalue weighted by Gasteiger charge is 2.45. The molecule has 188 valence electrons. The van der Waals surface area contributed by atoms with E-state index in [1.807, 2.05) is 28.8 Å². The van der Waals surface area contributed by atoms with Crippen LogP contribution in [0.4, 0.5) is 0 Å². The highest BCUT2D eigenvalue weighted by atomic mass is 16.1. The first-order valence-electron chi connectivity index (χ1n) is 14.0. The quantitative estimate of drug-likeness (QED) is 0.583. The molecular formula is C29H35N5O2.